The maximum atomic E-state index is 12.1. The van der Waals surface area contributed by atoms with Crippen LogP contribution >= 0.6 is 0 Å². The molecule has 0 fully saturated rings. The normalized spacial score (nSPS) is 14.5. The van der Waals surface area contributed by atoms with Gasteiger partial charge in [-0.25, -0.2) is 0 Å². The Morgan fingerprint density at radius 2 is 2.12 bits per heavy atom. The number of anilines is 1. The quantitative estimate of drug-likeness (QED) is 0.809. The topological polar surface area (TPSA) is 40.5 Å². The van der Waals surface area contributed by atoms with Crippen molar-refractivity contribution in [1.29, 1.82) is 0 Å². The molecule has 0 aromatic heterocycles. The Morgan fingerprint density at radius 1 is 1.29 bits per heavy atom. The summed E-state index contributed by atoms with van der Waals surface area (Å²) >= 11 is 0. The fourth-order valence-electron chi connectivity index (χ4n) is 2.32. The molecule has 0 unspecified atom stereocenters. The van der Waals surface area contributed by atoms with Crippen LogP contribution in [0.4, 0.5) is 5.69 Å². The number of fused-ring (bicyclic) bond motifs is 1. The Bertz CT molecular complexity index is 390. The molecular weight excluding hydrogens is 214 g/mol. The highest BCUT2D eigenvalue weighted by Crippen LogP contribution is 2.27. The zero-order chi connectivity index (χ0) is 12.1. The van der Waals surface area contributed by atoms with E-state index >= 15 is 0 Å². The van der Waals surface area contributed by atoms with Crippen LogP contribution in [0.3, 0.4) is 0 Å². The SMILES string of the molecule is O=C(CCCCO)N1CCCc2ccccc21. The first kappa shape index (κ1) is 12.1. The van der Waals surface area contributed by atoms with Crippen LogP contribution in [-0.4, -0.2) is 24.2 Å². The summed E-state index contributed by atoms with van der Waals surface area (Å²) in [6.45, 7) is 0.999. The van der Waals surface area contributed by atoms with Crippen molar-refractivity contribution in [2.45, 2.75) is 32.1 Å². The van der Waals surface area contributed by atoms with Crippen LogP contribution in [0.5, 0.6) is 0 Å². The van der Waals surface area contributed by atoms with E-state index in [9.17, 15) is 4.79 Å². The summed E-state index contributed by atoms with van der Waals surface area (Å²) in [6, 6.07) is 8.14. The highest BCUT2D eigenvalue weighted by atomic mass is 16.3. The van der Waals surface area contributed by atoms with Crippen LogP contribution < -0.4 is 4.90 Å². The van der Waals surface area contributed by atoms with Crippen LogP contribution in [0.25, 0.3) is 0 Å². The highest BCUT2D eigenvalue weighted by Gasteiger charge is 2.21. The summed E-state index contributed by atoms with van der Waals surface area (Å²) in [5.74, 6) is 0.186. The fourth-order valence-corrected chi connectivity index (χ4v) is 2.32. The number of para-hydroxylation sites is 1. The van der Waals surface area contributed by atoms with Gasteiger partial charge in [0, 0.05) is 25.3 Å². The van der Waals surface area contributed by atoms with Crippen molar-refractivity contribution < 1.29 is 9.90 Å². The van der Waals surface area contributed by atoms with E-state index < -0.39 is 0 Å². The molecule has 2 rings (SSSR count). The number of hydrogen-bond donors (Lipinski definition) is 1. The van der Waals surface area contributed by atoms with Crippen LogP contribution in [0.2, 0.25) is 0 Å². The number of amides is 1. The predicted octanol–water partition coefficient (Wildman–Crippen LogP) is 2.13. The summed E-state index contributed by atoms with van der Waals surface area (Å²) in [6.07, 6.45) is 4.13. The van der Waals surface area contributed by atoms with Crippen molar-refractivity contribution in [2.24, 2.45) is 0 Å². The first-order valence-electron chi connectivity index (χ1n) is 6.32. The van der Waals surface area contributed by atoms with E-state index in [1.54, 1.807) is 0 Å². The molecule has 0 saturated carbocycles. The average molecular weight is 233 g/mol. The van der Waals surface area contributed by atoms with E-state index in [1.165, 1.54) is 5.56 Å². The van der Waals surface area contributed by atoms with Gasteiger partial charge in [-0.1, -0.05) is 18.2 Å². The lowest BCUT2D eigenvalue weighted by atomic mass is 10.0. The number of hydrogen-bond acceptors (Lipinski definition) is 2. The lowest BCUT2D eigenvalue weighted by molar-refractivity contribution is -0.118. The van der Waals surface area contributed by atoms with Crippen molar-refractivity contribution in [2.75, 3.05) is 18.1 Å². The molecule has 0 radical (unpaired) electrons. The van der Waals surface area contributed by atoms with Gasteiger partial charge in [0.15, 0.2) is 0 Å². The minimum absolute atomic E-state index is 0.171. The van der Waals surface area contributed by atoms with Gasteiger partial charge < -0.3 is 10.0 Å². The molecular formula is C14H19NO2. The average Bonchev–Trinajstić information content (AvgIpc) is 2.38. The van der Waals surface area contributed by atoms with Crippen molar-refractivity contribution in [1.82, 2.24) is 0 Å². The molecule has 1 aliphatic rings. The van der Waals surface area contributed by atoms with Crippen molar-refractivity contribution in [3.63, 3.8) is 0 Å². The summed E-state index contributed by atoms with van der Waals surface area (Å²) in [4.78, 5) is 14.0. The molecule has 1 amide bonds. The molecule has 3 heteroatoms. The summed E-state index contributed by atoms with van der Waals surface area (Å²) in [5.41, 5.74) is 2.35. The maximum Gasteiger partial charge on any atom is 0.226 e. The van der Waals surface area contributed by atoms with Crippen LogP contribution in [0.1, 0.15) is 31.2 Å². The van der Waals surface area contributed by atoms with Gasteiger partial charge in [-0.3, -0.25) is 4.79 Å². The third kappa shape index (κ3) is 2.86. The second-order valence-corrected chi connectivity index (χ2v) is 4.46. The minimum Gasteiger partial charge on any atom is -0.396 e. The van der Waals surface area contributed by atoms with Crippen LogP contribution in [0.15, 0.2) is 24.3 Å². The van der Waals surface area contributed by atoms with E-state index in [0.29, 0.717) is 12.8 Å². The molecule has 0 bridgehead atoms. The highest BCUT2D eigenvalue weighted by molar-refractivity contribution is 5.94. The van der Waals surface area contributed by atoms with Gasteiger partial charge in [-0.2, -0.15) is 0 Å². The molecule has 1 aromatic rings. The zero-order valence-corrected chi connectivity index (χ0v) is 10.1. The lowest BCUT2D eigenvalue weighted by Gasteiger charge is -2.29. The summed E-state index contributed by atoms with van der Waals surface area (Å²) < 4.78 is 0. The largest absolute Gasteiger partial charge is 0.396 e. The smallest absolute Gasteiger partial charge is 0.226 e. The second-order valence-electron chi connectivity index (χ2n) is 4.46. The van der Waals surface area contributed by atoms with Crippen LogP contribution in [0, 0.1) is 0 Å². The second kappa shape index (κ2) is 5.82. The predicted molar refractivity (Wildman–Crippen MR) is 68.1 cm³/mol. The molecule has 0 atom stereocenters. The molecule has 1 N–H and O–H groups in total. The standard InChI is InChI=1S/C14H19NO2/c16-11-4-3-9-14(17)15-10-5-7-12-6-1-2-8-13(12)15/h1-2,6,8,16H,3-5,7,9-11H2. The number of carbonyl (C=O) groups excluding carboxylic acids is 1. The molecule has 17 heavy (non-hydrogen) atoms. The van der Waals surface area contributed by atoms with Gasteiger partial charge in [-0.05, 0) is 37.3 Å². The van der Waals surface area contributed by atoms with Gasteiger partial charge in [0.05, 0.1) is 0 Å². The van der Waals surface area contributed by atoms with Gasteiger partial charge in [0.2, 0.25) is 5.91 Å². The molecule has 92 valence electrons. The zero-order valence-electron chi connectivity index (χ0n) is 10.1. The van der Waals surface area contributed by atoms with Crippen molar-refractivity contribution >= 4 is 11.6 Å². The number of aliphatic hydroxyl groups is 1. The van der Waals surface area contributed by atoms with E-state index in [0.717, 1.165) is 31.5 Å². The lowest BCUT2D eigenvalue weighted by Crippen LogP contribution is -2.35. The van der Waals surface area contributed by atoms with Crippen LogP contribution in [-0.2, 0) is 11.2 Å². The molecule has 0 saturated heterocycles. The first-order valence-corrected chi connectivity index (χ1v) is 6.32. The molecule has 0 aliphatic carbocycles. The Morgan fingerprint density at radius 3 is 2.94 bits per heavy atom. The Balaban J connectivity index is 2.05. The van der Waals surface area contributed by atoms with Crippen molar-refractivity contribution in [3.05, 3.63) is 29.8 Å². The summed E-state index contributed by atoms with van der Waals surface area (Å²) in [7, 11) is 0. The number of aliphatic hydroxyl groups excluding tert-OH is 1. The number of carbonyl (C=O) groups is 1. The van der Waals surface area contributed by atoms with Gasteiger partial charge in [0.25, 0.3) is 0 Å². The van der Waals surface area contributed by atoms with E-state index in [1.807, 2.05) is 23.1 Å². The number of nitrogens with zero attached hydrogens (tertiary/aromatic N) is 1. The Hall–Kier alpha value is -1.35. The fraction of sp³-hybridized carbons (Fsp3) is 0.500. The number of aryl methyl sites for hydroxylation is 1. The number of unbranched alkanes of at least 4 members (excludes halogenated alkanes) is 1. The monoisotopic (exact) mass is 233 g/mol. The molecule has 1 aliphatic heterocycles. The van der Waals surface area contributed by atoms with Gasteiger partial charge in [-0.15, -0.1) is 0 Å². The third-order valence-corrected chi connectivity index (χ3v) is 3.21. The number of benzene rings is 1. The maximum absolute atomic E-state index is 12.1. The Labute approximate surface area is 102 Å². The molecule has 1 aromatic carbocycles. The van der Waals surface area contributed by atoms with E-state index in [2.05, 4.69) is 6.07 Å². The number of rotatable bonds is 4. The molecule has 1 heterocycles. The minimum atomic E-state index is 0.171. The Kier molecular flexibility index (Phi) is 4.15. The molecule has 0 spiro atoms. The van der Waals surface area contributed by atoms with E-state index in [-0.39, 0.29) is 12.5 Å². The molecule has 3 nitrogen and oxygen atoms in total. The van der Waals surface area contributed by atoms with Crippen molar-refractivity contribution in [3.8, 4) is 0 Å². The summed E-state index contributed by atoms with van der Waals surface area (Å²) in [5, 5.41) is 8.72. The van der Waals surface area contributed by atoms with Gasteiger partial charge >= 0.3 is 0 Å². The third-order valence-electron chi connectivity index (χ3n) is 3.21. The van der Waals surface area contributed by atoms with Gasteiger partial charge in [0.1, 0.15) is 0 Å². The van der Waals surface area contributed by atoms with E-state index in [4.69, 9.17) is 5.11 Å². The first-order chi connectivity index (χ1) is 8.33.